The zero-order chi connectivity index (χ0) is 38.9. The van der Waals surface area contributed by atoms with Gasteiger partial charge >= 0.3 is 0 Å². The van der Waals surface area contributed by atoms with Crippen molar-refractivity contribution in [2.75, 3.05) is 0 Å². The van der Waals surface area contributed by atoms with E-state index in [4.69, 9.17) is 25.0 Å². The normalized spacial score (nSPS) is 12.8. The van der Waals surface area contributed by atoms with Crippen LogP contribution in [0.3, 0.4) is 0 Å². The molecular weight excluding hydrogens is 724 g/mol. The number of benzene rings is 3. The average molecular weight is 730 g/mol. The highest BCUT2D eigenvalue weighted by Gasteiger charge is 2.37. The van der Waals surface area contributed by atoms with E-state index in [-0.39, 0.29) is 68.3 Å². The van der Waals surface area contributed by atoms with Crippen LogP contribution in [0.25, 0.3) is 71.0 Å². The summed E-state index contributed by atoms with van der Waals surface area (Å²) in [6.45, 7) is 22.4. The zero-order valence-electron chi connectivity index (χ0n) is 26.1. The first-order valence-corrected chi connectivity index (χ1v) is 14.6. The topological polar surface area (TPSA) is 136 Å². The number of aromatic nitrogens is 4. The van der Waals surface area contributed by atoms with Gasteiger partial charge in [0.2, 0.25) is 0 Å². The van der Waals surface area contributed by atoms with E-state index in [0.29, 0.717) is 0 Å². The second-order valence-corrected chi connectivity index (χ2v) is 11.3. The fourth-order valence-corrected chi connectivity index (χ4v) is 6.49. The van der Waals surface area contributed by atoms with Gasteiger partial charge in [0.25, 0.3) is 17.1 Å². The third kappa shape index (κ3) is 4.52. The van der Waals surface area contributed by atoms with Crippen LogP contribution in [0.2, 0.25) is 0 Å². The fraction of sp³-hybridized carbons (Fsp3) is 0.0556. The molecule has 0 saturated heterocycles. The predicted octanol–water partition coefficient (Wildman–Crippen LogP) is 6.38. The molecule has 2 aliphatic rings. The number of rotatable bonds is 2. The maximum absolute atomic E-state index is 15.2. The Morgan fingerprint density at radius 3 is 1.30 bits per heavy atom. The Balaban J connectivity index is 1.60. The summed E-state index contributed by atoms with van der Waals surface area (Å²) in [5.41, 5.74) is -9.52. The highest BCUT2D eigenvalue weighted by molar-refractivity contribution is 5.91. The number of nitriles is 3. The summed E-state index contributed by atoms with van der Waals surface area (Å²) < 4.78 is 119. The van der Waals surface area contributed by atoms with Crippen molar-refractivity contribution in [2.45, 2.75) is 12.8 Å². The van der Waals surface area contributed by atoms with Crippen LogP contribution >= 0.6 is 0 Å². The molecular formula is C36H6F8N10. The van der Waals surface area contributed by atoms with Crippen molar-refractivity contribution in [3.05, 3.63) is 132 Å². The average Bonchev–Trinajstić information content (AvgIpc) is 3.74. The molecule has 0 unspecified atom stereocenters. The Kier molecular flexibility index (Phi) is 7.84. The molecule has 0 saturated carbocycles. The second kappa shape index (κ2) is 12.3. The molecule has 0 aliphatic heterocycles. The van der Waals surface area contributed by atoms with Crippen molar-refractivity contribution in [3.8, 4) is 63.2 Å². The zero-order valence-corrected chi connectivity index (χ0v) is 26.1. The Labute approximate surface area is 295 Å². The Morgan fingerprint density at radius 1 is 0.574 bits per heavy atom. The lowest BCUT2D eigenvalue weighted by Gasteiger charge is -2.13. The van der Waals surface area contributed by atoms with Gasteiger partial charge in [-0.3, -0.25) is 9.97 Å². The molecule has 0 amide bonds. The first kappa shape index (κ1) is 34.4. The minimum Gasteiger partial charge on any atom is -0.256 e. The Bertz CT molecular complexity index is 2760. The van der Waals surface area contributed by atoms with Crippen LogP contribution in [0.1, 0.15) is 28.1 Å². The lowest BCUT2D eigenvalue weighted by molar-refractivity contribution is 0.454. The van der Waals surface area contributed by atoms with E-state index in [1.54, 1.807) is 12.1 Å². The third-order valence-corrected chi connectivity index (χ3v) is 8.71. The van der Waals surface area contributed by atoms with Crippen LogP contribution < -0.4 is 10.4 Å². The molecule has 0 bridgehead atoms. The first-order valence-electron chi connectivity index (χ1n) is 14.6. The van der Waals surface area contributed by atoms with Crippen molar-refractivity contribution in [1.82, 2.24) is 19.9 Å². The van der Waals surface area contributed by atoms with E-state index >= 15 is 17.6 Å². The smallest absolute Gasteiger partial charge is 0.256 e. The van der Waals surface area contributed by atoms with E-state index in [2.05, 4.69) is 34.5 Å². The van der Waals surface area contributed by atoms with Crippen LogP contribution in [0.4, 0.5) is 40.8 Å². The van der Waals surface area contributed by atoms with Crippen molar-refractivity contribution in [2.24, 2.45) is 0 Å². The molecule has 54 heavy (non-hydrogen) atoms. The lowest BCUT2D eigenvalue weighted by atomic mass is 9.92. The van der Waals surface area contributed by atoms with Gasteiger partial charge in [-0.1, -0.05) is 0 Å². The van der Waals surface area contributed by atoms with Crippen LogP contribution in [0.15, 0.2) is 12.4 Å². The van der Waals surface area contributed by atoms with Gasteiger partial charge in [0.15, 0.2) is 46.5 Å². The summed E-state index contributed by atoms with van der Waals surface area (Å²) in [6, 6.07) is 4.45. The summed E-state index contributed by atoms with van der Waals surface area (Å²) in [7, 11) is 0. The number of fused-ring (bicyclic) bond motifs is 6. The third-order valence-electron chi connectivity index (χ3n) is 8.71. The van der Waals surface area contributed by atoms with Gasteiger partial charge in [-0.05, 0) is 11.1 Å². The first-order chi connectivity index (χ1) is 25.9. The molecule has 2 aliphatic carbocycles. The highest BCUT2D eigenvalue weighted by atomic mass is 19.2. The van der Waals surface area contributed by atoms with Crippen LogP contribution in [0.5, 0.6) is 0 Å². The van der Waals surface area contributed by atoms with Gasteiger partial charge in [0.1, 0.15) is 11.6 Å². The second-order valence-electron chi connectivity index (χ2n) is 11.3. The number of hydrogen-bond donors (Lipinski definition) is 0. The van der Waals surface area contributed by atoms with Crippen molar-refractivity contribution in [3.63, 3.8) is 0 Å². The van der Waals surface area contributed by atoms with Crippen LogP contribution in [-0.2, 0) is 12.8 Å². The largest absolute Gasteiger partial charge is 0.269 e. The van der Waals surface area contributed by atoms with Crippen LogP contribution in [0, 0.1) is 100 Å². The Hall–Kier alpha value is -8.06. The monoisotopic (exact) mass is 730 g/mol. The van der Waals surface area contributed by atoms with Gasteiger partial charge < -0.3 is 0 Å². The summed E-state index contributed by atoms with van der Waals surface area (Å²) in [6.07, 6.45) is 0.833. The standard InChI is InChI=1S/C36H6F8N10/c1-48-16(7-46)20-12-5-15-35(54-19(10-52-15)25-30(41)32(43)36(50-3)33(44)31(25)42)23(12)21(17(8-47)49-2)11-4-14-34(22(11)20)53-18(9-51-14)24-28(39)26(37)13(6-45)27(38)29(24)40/h9-10H,4-5H2/b20-16+,21-17-. The van der Waals surface area contributed by atoms with Crippen molar-refractivity contribution in [1.29, 1.82) is 15.8 Å². The highest BCUT2D eigenvalue weighted by Crippen LogP contribution is 2.41. The molecule has 3 aromatic carbocycles. The van der Waals surface area contributed by atoms with Crippen LogP contribution in [-0.4, -0.2) is 19.9 Å². The Morgan fingerprint density at radius 2 is 0.963 bits per heavy atom. The molecule has 256 valence electrons. The lowest BCUT2D eigenvalue weighted by Crippen LogP contribution is -2.26. The summed E-state index contributed by atoms with van der Waals surface area (Å²) in [4.78, 5) is 25.8. The fourth-order valence-electron chi connectivity index (χ4n) is 6.49. The quantitative estimate of drug-likeness (QED) is 0.114. The molecule has 7 rings (SSSR count). The number of hydrogen-bond acceptors (Lipinski definition) is 7. The SMILES string of the molecule is [C-]#[N+]/C(C#N)=c1/c2c(/c(=C(\C#N)[N+]#[C-])c3c1-c1nc(-c4c(F)c(F)c([N+]#[C-])c(F)c4F)cnc1C3)-c1nc(-c3c(F)c(F)c(C#N)c(F)c3F)cnc1C2. The minimum absolute atomic E-state index is 0.0169. The van der Waals surface area contributed by atoms with Gasteiger partial charge in [0.05, 0.1) is 89.5 Å². The maximum Gasteiger partial charge on any atom is 0.269 e. The van der Waals surface area contributed by atoms with Gasteiger partial charge in [-0.15, -0.1) is 0 Å². The molecule has 2 aromatic heterocycles. The van der Waals surface area contributed by atoms with Gasteiger partial charge in [-0.25, -0.2) is 70.2 Å². The molecule has 10 nitrogen and oxygen atoms in total. The summed E-state index contributed by atoms with van der Waals surface area (Å²) in [5, 5.41) is 28.7. The molecule has 0 fully saturated rings. The van der Waals surface area contributed by atoms with E-state index in [1.807, 2.05) is 0 Å². The maximum atomic E-state index is 15.2. The van der Waals surface area contributed by atoms with Gasteiger partial charge in [0, 0.05) is 34.4 Å². The van der Waals surface area contributed by atoms with E-state index in [9.17, 15) is 28.1 Å². The predicted molar refractivity (Wildman–Crippen MR) is 166 cm³/mol. The molecule has 0 radical (unpaired) electrons. The molecule has 2 heterocycles. The number of nitrogens with zero attached hydrogens (tertiary/aromatic N) is 10. The van der Waals surface area contributed by atoms with E-state index in [1.165, 1.54) is 0 Å². The van der Waals surface area contributed by atoms with E-state index in [0.717, 1.165) is 18.5 Å². The summed E-state index contributed by atoms with van der Waals surface area (Å²) in [5.74, 6) is -16.0. The minimum atomic E-state index is -2.02. The van der Waals surface area contributed by atoms with Crippen molar-refractivity contribution >= 4 is 17.1 Å². The van der Waals surface area contributed by atoms with Gasteiger partial charge in [-0.2, -0.15) is 5.26 Å². The number of halogens is 8. The molecule has 5 aromatic rings. The molecule has 0 spiro atoms. The van der Waals surface area contributed by atoms with E-state index < -0.39 is 91.7 Å². The molecule has 0 N–H and O–H groups in total. The molecule has 18 heteroatoms. The molecule has 0 atom stereocenters. The van der Waals surface area contributed by atoms with Crippen molar-refractivity contribution < 1.29 is 35.1 Å². The summed E-state index contributed by atoms with van der Waals surface area (Å²) >= 11 is 0.